The number of anilines is 3. The largest absolute Gasteiger partial charge is 0.310 e. The Morgan fingerprint density at radius 3 is 1.60 bits per heavy atom. The molecule has 296 valence electrons. The van der Waals surface area contributed by atoms with Crippen molar-refractivity contribution in [3.8, 4) is 39.1 Å². The van der Waals surface area contributed by atoms with Gasteiger partial charge in [-0.3, -0.25) is 0 Å². The van der Waals surface area contributed by atoms with Gasteiger partial charge in [-0.25, -0.2) is 0 Å². The Balaban J connectivity index is 1.08. The van der Waals surface area contributed by atoms with Gasteiger partial charge in [0, 0.05) is 33.5 Å². The summed E-state index contributed by atoms with van der Waals surface area (Å²) in [6, 6.07) is 93.3. The second kappa shape index (κ2) is 15.1. The van der Waals surface area contributed by atoms with Gasteiger partial charge in [0.05, 0.1) is 16.4 Å². The van der Waals surface area contributed by atoms with E-state index in [1.54, 1.807) is 0 Å². The average Bonchev–Trinajstić information content (AvgIpc) is 3.85. The number of hydrogen-bond donors (Lipinski definition) is 0. The molecule has 12 rings (SSSR count). The zero-order valence-corrected chi connectivity index (χ0v) is 34.6. The number of rotatable bonds is 8. The maximum Gasteiger partial charge on any atom is 0.0714 e. The Labute approximate surface area is 368 Å². The predicted molar refractivity (Wildman–Crippen MR) is 264 cm³/mol. The molecule has 1 atom stereocenters. The number of para-hydroxylation sites is 2. The molecule has 0 amide bonds. The SMILES string of the molecule is c1ccc(-c2ccc(C3(c4ccccc4)c4ccccc4-c4ccc(N(c5ccccc5)c5ccc6c7ccccc7n(-c7cccc(-c8ccccc8)c7)c6c5)cc43)cc2)cc1. The maximum absolute atomic E-state index is 2.46. The van der Waals surface area contributed by atoms with Crippen LogP contribution in [-0.2, 0) is 5.41 Å². The van der Waals surface area contributed by atoms with Crippen LogP contribution >= 0.6 is 0 Å². The Bertz CT molecular complexity index is 3430. The van der Waals surface area contributed by atoms with Crippen LogP contribution < -0.4 is 4.90 Å². The van der Waals surface area contributed by atoms with E-state index < -0.39 is 5.41 Å². The van der Waals surface area contributed by atoms with E-state index >= 15 is 0 Å². The fourth-order valence-corrected chi connectivity index (χ4v) is 10.3. The van der Waals surface area contributed by atoms with Gasteiger partial charge in [0.15, 0.2) is 0 Å². The van der Waals surface area contributed by atoms with Crippen LogP contribution in [-0.4, -0.2) is 4.57 Å². The van der Waals surface area contributed by atoms with Crippen molar-refractivity contribution in [2.24, 2.45) is 0 Å². The minimum atomic E-state index is -0.555. The molecule has 63 heavy (non-hydrogen) atoms. The van der Waals surface area contributed by atoms with Crippen molar-refractivity contribution in [2.45, 2.75) is 5.41 Å². The Kier molecular flexibility index (Phi) is 8.76. The number of fused-ring (bicyclic) bond motifs is 6. The molecule has 0 N–H and O–H groups in total. The highest BCUT2D eigenvalue weighted by Crippen LogP contribution is 2.57. The molecule has 11 aromatic rings. The van der Waals surface area contributed by atoms with E-state index in [1.165, 1.54) is 71.9 Å². The molecule has 1 aromatic heterocycles. The predicted octanol–water partition coefficient (Wildman–Crippen LogP) is 16.0. The second-order valence-electron chi connectivity index (χ2n) is 16.5. The first-order valence-electron chi connectivity index (χ1n) is 21.8. The van der Waals surface area contributed by atoms with E-state index in [9.17, 15) is 0 Å². The number of benzene rings is 10. The standard InChI is InChI=1S/C61H42N2/c1-5-18-43(19-6-1)45-32-34-48(35-33-45)61(47-23-9-3-10-24-47)57-30-15-13-28-53(57)54-38-36-51(41-58(54)61)62(49-25-11-4-12-26-49)52-37-39-56-55-29-14-16-31-59(55)63(60(56)42-52)50-27-17-22-46(40-50)44-20-7-2-8-21-44/h1-42H. The molecule has 0 bridgehead atoms. The van der Waals surface area contributed by atoms with Crippen molar-refractivity contribution in [1.82, 2.24) is 4.57 Å². The Hall–Kier alpha value is -8.20. The normalized spacial score (nSPS) is 14.1. The fraction of sp³-hybridized carbons (Fsp3) is 0.0164. The van der Waals surface area contributed by atoms with Crippen molar-refractivity contribution >= 4 is 38.9 Å². The van der Waals surface area contributed by atoms with Crippen LogP contribution in [0.15, 0.2) is 255 Å². The first-order chi connectivity index (χ1) is 31.3. The Morgan fingerprint density at radius 1 is 0.302 bits per heavy atom. The molecule has 0 spiro atoms. The number of hydrogen-bond acceptors (Lipinski definition) is 1. The highest BCUT2D eigenvalue weighted by Gasteiger charge is 2.46. The summed E-state index contributed by atoms with van der Waals surface area (Å²) in [4.78, 5) is 2.43. The Morgan fingerprint density at radius 2 is 0.841 bits per heavy atom. The molecule has 0 fully saturated rings. The molecular weight excluding hydrogens is 761 g/mol. The van der Waals surface area contributed by atoms with E-state index in [0.717, 1.165) is 28.3 Å². The summed E-state index contributed by atoms with van der Waals surface area (Å²) < 4.78 is 2.43. The minimum absolute atomic E-state index is 0.555. The molecule has 0 radical (unpaired) electrons. The quantitative estimate of drug-likeness (QED) is 0.149. The zero-order valence-electron chi connectivity index (χ0n) is 34.6. The van der Waals surface area contributed by atoms with Crippen LogP contribution in [0.3, 0.4) is 0 Å². The molecule has 2 heteroatoms. The smallest absolute Gasteiger partial charge is 0.0714 e. The summed E-state index contributed by atoms with van der Waals surface area (Å²) in [5.41, 5.74) is 18.6. The van der Waals surface area contributed by atoms with Crippen LogP contribution in [0.2, 0.25) is 0 Å². The summed E-state index contributed by atoms with van der Waals surface area (Å²) in [6.45, 7) is 0. The average molecular weight is 803 g/mol. The van der Waals surface area contributed by atoms with Crippen molar-refractivity contribution in [3.63, 3.8) is 0 Å². The van der Waals surface area contributed by atoms with Gasteiger partial charge in [0.1, 0.15) is 0 Å². The number of aromatic nitrogens is 1. The molecule has 10 aromatic carbocycles. The third-order valence-electron chi connectivity index (χ3n) is 13.1. The lowest BCUT2D eigenvalue weighted by atomic mass is 9.67. The van der Waals surface area contributed by atoms with Gasteiger partial charge in [-0.15, -0.1) is 0 Å². The molecule has 2 nitrogen and oxygen atoms in total. The van der Waals surface area contributed by atoms with Gasteiger partial charge >= 0.3 is 0 Å². The van der Waals surface area contributed by atoms with Crippen LogP contribution in [0.25, 0.3) is 60.9 Å². The number of nitrogens with zero attached hydrogens (tertiary/aromatic N) is 2. The van der Waals surface area contributed by atoms with Crippen molar-refractivity contribution in [3.05, 3.63) is 277 Å². The molecule has 0 saturated heterocycles. The van der Waals surface area contributed by atoms with E-state index in [1.807, 2.05) is 0 Å². The summed E-state index contributed by atoms with van der Waals surface area (Å²) in [7, 11) is 0. The second-order valence-corrected chi connectivity index (χ2v) is 16.5. The molecule has 1 unspecified atom stereocenters. The van der Waals surface area contributed by atoms with Crippen molar-refractivity contribution in [1.29, 1.82) is 0 Å². The van der Waals surface area contributed by atoms with Crippen LogP contribution in [0.1, 0.15) is 22.3 Å². The van der Waals surface area contributed by atoms with E-state index in [2.05, 4.69) is 264 Å². The molecular formula is C61H42N2. The molecule has 1 heterocycles. The first kappa shape index (κ1) is 36.6. The third kappa shape index (κ3) is 5.95. The fourth-order valence-electron chi connectivity index (χ4n) is 10.3. The third-order valence-corrected chi connectivity index (χ3v) is 13.1. The van der Waals surface area contributed by atoms with Crippen LogP contribution in [0.4, 0.5) is 17.1 Å². The molecule has 1 aliphatic carbocycles. The van der Waals surface area contributed by atoms with Gasteiger partial charge in [-0.1, -0.05) is 200 Å². The van der Waals surface area contributed by atoms with Crippen LogP contribution in [0, 0.1) is 0 Å². The summed E-state index contributed by atoms with van der Waals surface area (Å²) in [6.07, 6.45) is 0. The molecule has 0 saturated carbocycles. The highest BCUT2D eigenvalue weighted by atomic mass is 15.1. The summed E-state index contributed by atoms with van der Waals surface area (Å²) in [5.74, 6) is 0. The van der Waals surface area contributed by atoms with E-state index in [0.29, 0.717) is 0 Å². The van der Waals surface area contributed by atoms with Crippen molar-refractivity contribution in [2.75, 3.05) is 4.90 Å². The van der Waals surface area contributed by atoms with E-state index in [-0.39, 0.29) is 0 Å². The van der Waals surface area contributed by atoms with Gasteiger partial charge in [0.2, 0.25) is 0 Å². The molecule has 0 aliphatic heterocycles. The van der Waals surface area contributed by atoms with E-state index in [4.69, 9.17) is 0 Å². The monoisotopic (exact) mass is 802 g/mol. The lowest BCUT2D eigenvalue weighted by Gasteiger charge is -2.35. The maximum atomic E-state index is 2.46. The summed E-state index contributed by atoms with van der Waals surface area (Å²) in [5, 5.41) is 2.45. The van der Waals surface area contributed by atoms with Gasteiger partial charge in [-0.05, 0) is 110 Å². The van der Waals surface area contributed by atoms with Crippen LogP contribution in [0.5, 0.6) is 0 Å². The highest BCUT2D eigenvalue weighted by molar-refractivity contribution is 6.10. The summed E-state index contributed by atoms with van der Waals surface area (Å²) >= 11 is 0. The lowest BCUT2D eigenvalue weighted by molar-refractivity contribution is 0.768. The lowest BCUT2D eigenvalue weighted by Crippen LogP contribution is -2.28. The minimum Gasteiger partial charge on any atom is -0.310 e. The topological polar surface area (TPSA) is 8.17 Å². The van der Waals surface area contributed by atoms with Crippen molar-refractivity contribution < 1.29 is 0 Å². The molecule has 1 aliphatic rings. The van der Waals surface area contributed by atoms with Gasteiger partial charge in [0.25, 0.3) is 0 Å². The van der Waals surface area contributed by atoms with Gasteiger partial charge in [-0.2, -0.15) is 0 Å². The van der Waals surface area contributed by atoms with Gasteiger partial charge < -0.3 is 9.47 Å². The first-order valence-corrected chi connectivity index (χ1v) is 21.8. The zero-order chi connectivity index (χ0) is 41.7.